The summed E-state index contributed by atoms with van der Waals surface area (Å²) in [6.07, 6.45) is 4.04. The number of ether oxygens (including phenoxy) is 1. The van der Waals surface area contributed by atoms with Crippen LogP contribution >= 0.6 is 0 Å². The molecule has 0 unspecified atom stereocenters. The molecule has 1 N–H and O–H groups in total. The van der Waals surface area contributed by atoms with Gasteiger partial charge in [0.25, 0.3) is 0 Å². The van der Waals surface area contributed by atoms with E-state index in [-0.39, 0.29) is 1.43 Å². The van der Waals surface area contributed by atoms with Gasteiger partial charge in [-0.25, -0.2) is 4.79 Å². The minimum atomic E-state index is -0.481. The molecule has 0 saturated heterocycles. The van der Waals surface area contributed by atoms with Crippen LogP contribution in [0.2, 0.25) is 0 Å². The van der Waals surface area contributed by atoms with Crippen LogP contribution in [0.4, 0.5) is 4.79 Å². The lowest BCUT2D eigenvalue weighted by Crippen LogP contribution is -2.23. The van der Waals surface area contributed by atoms with E-state index in [1.807, 2.05) is 6.92 Å². The van der Waals surface area contributed by atoms with Crippen molar-refractivity contribution in [2.45, 2.75) is 6.92 Å². The van der Waals surface area contributed by atoms with Gasteiger partial charge >= 0.3 is 6.09 Å². The number of allylic oxidation sites excluding steroid dienone is 3. The second-order valence-corrected chi connectivity index (χ2v) is 1.93. The maximum atomic E-state index is 10.8. The highest BCUT2D eigenvalue weighted by Crippen LogP contribution is 1.98. The van der Waals surface area contributed by atoms with Crippen LogP contribution in [0.5, 0.6) is 0 Å². The van der Waals surface area contributed by atoms with Gasteiger partial charge in [-0.15, -0.1) is 0 Å². The summed E-state index contributed by atoms with van der Waals surface area (Å²) in [5.74, 6) is 0.385. The monoisotopic (exact) mass is 169 g/mol. The topological polar surface area (TPSA) is 38.3 Å². The van der Waals surface area contributed by atoms with Crippen LogP contribution in [-0.4, -0.2) is 12.6 Å². The predicted molar refractivity (Wildman–Crippen MR) is 50.7 cm³/mol. The molecule has 0 aliphatic rings. The van der Waals surface area contributed by atoms with Crippen molar-refractivity contribution in [2.24, 2.45) is 0 Å². The zero-order valence-corrected chi connectivity index (χ0v) is 7.17. The van der Waals surface area contributed by atoms with Crippen molar-refractivity contribution in [3.63, 3.8) is 0 Å². The Labute approximate surface area is 73.9 Å². The first kappa shape index (κ1) is 10.5. The maximum Gasteiger partial charge on any atom is 0.412 e. The average Bonchev–Trinajstić information content (AvgIpc) is 2.04. The van der Waals surface area contributed by atoms with E-state index in [2.05, 4.69) is 18.5 Å². The number of hydrogen-bond donors (Lipinski definition) is 1. The van der Waals surface area contributed by atoms with Gasteiger partial charge in [0.15, 0.2) is 0 Å². The van der Waals surface area contributed by atoms with Crippen molar-refractivity contribution in [1.82, 2.24) is 5.32 Å². The van der Waals surface area contributed by atoms with Crippen LogP contribution < -0.4 is 5.32 Å². The van der Waals surface area contributed by atoms with Gasteiger partial charge in [0.1, 0.15) is 5.76 Å². The normalized spacial score (nSPS) is 10.2. The largest absolute Gasteiger partial charge is 0.412 e. The Morgan fingerprint density at radius 1 is 1.67 bits per heavy atom. The lowest BCUT2D eigenvalue weighted by Gasteiger charge is -2.03. The van der Waals surface area contributed by atoms with Gasteiger partial charge in [0.05, 0.1) is 0 Å². The SMILES string of the molecule is C=C/C=C(\C=C)OC(=O)NCC.[HH]. The molecule has 1 amide bonds. The van der Waals surface area contributed by atoms with Crippen LogP contribution in [-0.2, 0) is 4.74 Å². The molecule has 0 aliphatic heterocycles. The van der Waals surface area contributed by atoms with Gasteiger partial charge < -0.3 is 10.1 Å². The number of amides is 1. The lowest BCUT2D eigenvalue weighted by molar-refractivity contribution is 0.180. The Hall–Kier alpha value is -1.51. The molecule has 0 bridgehead atoms. The molecule has 68 valence electrons. The van der Waals surface area contributed by atoms with Crippen molar-refractivity contribution >= 4 is 6.09 Å². The summed E-state index contributed by atoms with van der Waals surface area (Å²) in [6.45, 7) is 9.29. The van der Waals surface area contributed by atoms with Gasteiger partial charge in [0, 0.05) is 7.97 Å². The van der Waals surface area contributed by atoms with Crippen molar-refractivity contribution in [3.05, 3.63) is 37.1 Å². The minimum Gasteiger partial charge on any atom is -0.410 e. The number of rotatable bonds is 4. The molecule has 0 fully saturated rings. The minimum absolute atomic E-state index is 0. The summed E-state index contributed by atoms with van der Waals surface area (Å²) >= 11 is 0. The van der Waals surface area contributed by atoms with Crippen molar-refractivity contribution < 1.29 is 11.0 Å². The Kier molecular flexibility index (Phi) is 5.43. The fourth-order valence-corrected chi connectivity index (χ4v) is 0.547. The highest BCUT2D eigenvalue weighted by Gasteiger charge is 2.00. The fraction of sp³-hybridized carbons (Fsp3) is 0.222. The fourth-order valence-electron chi connectivity index (χ4n) is 0.547. The quantitative estimate of drug-likeness (QED) is 0.517. The van der Waals surface area contributed by atoms with E-state index in [4.69, 9.17) is 4.74 Å². The van der Waals surface area contributed by atoms with Gasteiger partial charge in [-0.1, -0.05) is 19.2 Å². The molecule has 0 heterocycles. The molecule has 0 spiro atoms. The number of alkyl carbamates (subject to hydrolysis) is 1. The number of carbonyl (C=O) groups is 1. The van der Waals surface area contributed by atoms with Gasteiger partial charge in [0.2, 0.25) is 0 Å². The molecule has 12 heavy (non-hydrogen) atoms. The van der Waals surface area contributed by atoms with E-state index in [1.54, 1.807) is 6.08 Å². The van der Waals surface area contributed by atoms with E-state index < -0.39 is 6.09 Å². The standard InChI is InChI=1S/C9H13NO2.H2/c1-4-7-8(5-2)12-9(11)10-6-3;/h4-5,7H,1-2,6H2,3H3,(H,10,11);1H/b8-7+;. The van der Waals surface area contributed by atoms with Crippen LogP contribution in [0.3, 0.4) is 0 Å². The molecular weight excluding hydrogens is 154 g/mol. The molecule has 0 saturated carbocycles. The Morgan fingerprint density at radius 2 is 2.33 bits per heavy atom. The van der Waals surface area contributed by atoms with Gasteiger partial charge in [-0.3, -0.25) is 0 Å². The van der Waals surface area contributed by atoms with Crippen molar-refractivity contribution in [3.8, 4) is 0 Å². The lowest BCUT2D eigenvalue weighted by atomic mass is 10.4. The highest BCUT2D eigenvalue weighted by atomic mass is 16.6. The van der Waals surface area contributed by atoms with Gasteiger partial charge in [-0.2, -0.15) is 0 Å². The zero-order chi connectivity index (χ0) is 9.40. The molecule has 0 rings (SSSR count). The molecule has 0 aromatic heterocycles. The summed E-state index contributed by atoms with van der Waals surface area (Å²) < 4.78 is 4.80. The number of nitrogens with one attached hydrogen (secondary N) is 1. The first-order valence-electron chi connectivity index (χ1n) is 3.65. The summed E-state index contributed by atoms with van der Waals surface area (Å²) in [7, 11) is 0. The molecular formula is C9H15NO2. The second-order valence-electron chi connectivity index (χ2n) is 1.93. The van der Waals surface area contributed by atoms with Crippen LogP contribution in [0, 0.1) is 0 Å². The summed E-state index contributed by atoms with van der Waals surface area (Å²) in [6, 6.07) is 0. The molecule has 0 radical (unpaired) electrons. The third-order valence-corrected chi connectivity index (χ3v) is 1.01. The van der Waals surface area contributed by atoms with E-state index in [9.17, 15) is 4.79 Å². The first-order chi connectivity index (χ1) is 5.74. The van der Waals surface area contributed by atoms with Crippen molar-refractivity contribution in [1.29, 1.82) is 0 Å². The summed E-state index contributed by atoms with van der Waals surface area (Å²) in [5.41, 5.74) is 0. The summed E-state index contributed by atoms with van der Waals surface area (Å²) in [4.78, 5) is 10.8. The highest BCUT2D eigenvalue weighted by molar-refractivity contribution is 5.68. The first-order valence-corrected chi connectivity index (χ1v) is 3.65. The molecule has 0 aliphatic carbocycles. The van der Waals surface area contributed by atoms with Crippen molar-refractivity contribution in [2.75, 3.05) is 6.54 Å². The molecule has 3 nitrogen and oxygen atoms in total. The Bertz CT molecular complexity index is 212. The number of carbonyl (C=O) groups excluding carboxylic acids is 1. The van der Waals surface area contributed by atoms with Gasteiger partial charge in [-0.05, 0) is 19.1 Å². The molecule has 3 heteroatoms. The average molecular weight is 169 g/mol. The third-order valence-electron chi connectivity index (χ3n) is 1.01. The van der Waals surface area contributed by atoms with E-state index >= 15 is 0 Å². The molecule has 0 atom stereocenters. The van der Waals surface area contributed by atoms with Crippen LogP contribution in [0.1, 0.15) is 8.35 Å². The Morgan fingerprint density at radius 3 is 2.75 bits per heavy atom. The second kappa shape index (κ2) is 6.22. The molecule has 0 aromatic carbocycles. The molecule has 0 aromatic rings. The predicted octanol–water partition coefficient (Wildman–Crippen LogP) is 2.23. The van der Waals surface area contributed by atoms with E-state index in [0.29, 0.717) is 12.3 Å². The Balaban J connectivity index is 0. The maximum absolute atomic E-state index is 10.8. The smallest absolute Gasteiger partial charge is 0.410 e. The third kappa shape index (κ3) is 4.33. The summed E-state index contributed by atoms with van der Waals surface area (Å²) in [5, 5.41) is 2.48. The van der Waals surface area contributed by atoms with Crippen LogP contribution in [0.15, 0.2) is 37.1 Å². The van der Waals surface area contributed by atoms with Crippen LogP contribution in [0.25, 0.3) is 0 Å². The van der Waals surface area contributed by atoms with E-state index in [0.717, 1.165) is 0 Å². The van der Waals surface area contributed by atoms with E-state index in [1.165, 1.54) is 12.2 Å². The zero-order valence-electron chi connectivity index (χ0n) is 7.17. The number of hydrogen-bond acceptors (Lipinski definition) is 2.